The maximum Gasteiger partial charge on any atom is 0.394 e. The Morgan fingerprint density at radius 1 is 1.11 bits per heavy atom. The maximum absolute atomic E-state index is 13.4. The molecule has 1 aromatic carbocycles. The molecular formula is C16H22ClF2N3O10S3. The van der Waals surface area contributed by atoms with Gasteiger partial charge in [0.15, 0.2) is 5.13 Å². The van der Waals surface area contributed by atoms with Crippen LogP contribution < -0.4 is 10.6 Å². The second-order valence-electron chi connectivity index (χ2n) is 6.34. The van der Waals surface area contributed by atoms with Crippen LogP contribution in [0.2, 0.25) is 5.02 Å². The van der Waals surface area contributed by atoms with Crippen LogP contribution in [0, 0.1) is 11.6 Å². The summed E-state index contributed by atoms with van der Waals surface area (Å²) in [7, 11) is -9.33. The van der Waals surface area contributed by atoms with Gasteiger partial charge in [-0.25, -0.2) is 13.8 Å². The molecule has 200 valence electrons. The Hall–Kier alpha value is -2.03. The molecule has 0 spiro atoms. The van der Waals surface area contributed by atoms with Gasteiger partial charge >= 0.3 is 20.8 Å². The zero-order valence-electron chi connectivity index (χ0n) is 18.0. The summed E-state index contributed by atoms with van der Waals surface area (Å²) in [6, 6.07) is 2.11. The van der Waals surface area contributed by atoms with E-state index in [9.17, 15) is 13.6 Å². The standard InChI is InChI=1S/C16H18ClF2N3O2S.2H2O4S/c1-9(2)24-5-3-4-20-15(23)13-8-25-16(22-13)21-10-6-11(18)14(17)12(19)7-10;2*1-5(2,3)4/h6-9H,3-5H2,1-2H3,(H,20,23)(H,21,22);2*(H2,1,2,3,4). The minimum Gasteiger partial charge on any atom is -0.379 e. The van der Waals surface area contributed by atoms with E-state index in [-0.39, 0.29) is 23.4 Å². The normalized spacial score (nSPS) is 11.1. The number of carbonyl (C=O) groups is 1. The highest BCUT2D eigenvalue weighted by Crippen LogP contribution is 2.26. The zero-order chi connectivity index (χ0) is 27.4. The van der Waals surface area contributed by atoms with Crippen LogP contribution in [0.25, 0.3) is 0 Å². The lowest BCUT2D eigenvalue weighted by Crippen LogP contribution is -2.25. The van der Waals surface area contributed by atoms with E-state index in [2.05, 4.69) is 15.6 Å². The number of nitrogens with zero attached hydrogens (tertiary/aromatic N) is 1. The van der Waals surface area contributed by atoms with E-state index in [4.69, 9.17) is 51.4 Å². The van der Waals surface area contributed by atoms with Crippen molar-refractivity contribution in [3.05, 3.63) is 39.9 Å². The topological polar surface area (TPSA) is 212 Å². The summed E-state index contributed by atoms with van der Waals surface area (Å²) in [5.74, 6) is -2.06. The lowest BCUT2D eigenvalue weighted by molar-refractivity contribution is 0.0756. The van der Waals surface area contributed by atoms with Crippen LogP contribution >= 0.6 is 22.9 Å². The highest BCUT2D eigenvalue weighted by Gasteiger charge is 2.13. The lowest BCUT2D eigenvalue weighted by Gasteiger charge is -2.07. The van der Waals surface area contributed by atoms with E-state index in [1.165, 1.54) is 0 Å². The zero-order valence-corrected chi connectivity index (χ0v) is 21.2. The Balaban J connectivity index is 0.000000975. The molecule has 0 unspecified atom stereocenters. The minimum atomic E-state index is -4.67. The van der Waals surface area contributed by atoms with Crippen molar-refractivity contribution in [3.8, 4) is 0 Å². The van der Waals surface area contributed by atoms with Crippen molar-refractivity contribution in [1.82, 2.24) is 10.3 Å². The van der Waals surface area contributed by atoms with Gasteiger partial charge in [0.2, 0.25) is 0 Å². The Morgan fingerprint density at radius 2 is 1.60 bits per heavy atom. The number of halogens is 3. The Morgan fingerprint density at radius 3 is 2.06 bits per heavy atom. The van der Waals surface area contributed by atoms with Crippen molar-refractivity contribution in [1.29, 1.82) is 0 Å². The number of ether oxygens (including phenoxy) is 1. The molecule has 2 aromatic rings. The maximum atomic E-state index is 13.4. The first-order valence-corrected chi connectivity index (χ1v) is 13.1. The molecule has 6 N–H and O–H groups in total. The number of rotatable bonds is 8. The van der Waals surface area contributed by atoms with Gasteiger partial charge in [0.25, 0.3) is 5.91 Å². The van der Waals surface area contributed by atoms with E-state index in [0.717, 1.165) is 23.5 Å². The summed E-state index contributed by atoms with van der Waals surface area (Å²) in [5, 5.41) is 6.82. The van der Waals surface area contributed by atoms with E-state index < -0.39 is 37.5 Å². The number of thiazole rings is 1. The molecule has 0 bridgehead atoms. The van der Waals surface area contributed by atoms with Gasteiger partial charge in [0.1, 0.15) is 22.4 Å². The van der Waals surface area contributed by atoms with Gasteiger partial charge in [-0.1, -0.05) is 11.6 Å². The van der Waals surface area contributed by atoms with E-state index in [0.29, 0.717) is 24.7 Å². The molecule has 13 nitrogen and oxygen atoms in total. The lowest BCUT2D eigenvalue weighted by atomic mass is 10.3. The number of aromatic nitrogens is 1. The highest BCUT2D eigenvalue weighted by atomic mass is 35.5. The van der Waals surface area contributed by atoms with E-state index in [1.807, 2.05) is 13.8 Å². The summed E-state index contributed by atoms with van der Waals surface area (Å²) >= 11 is 6.58. The highest BCUT2D eigenvalue weighted by molar-refractivity contribution is 7.80. The summed E-state index contributed by atoms with van der Waals surface area (Å²) in [6.07, 6.45) is 0.855. The summed E-state index contributed by atoms with van der Waals surface area (Å²) in [5.41, 5.74) is 0.388. The minimum absolute atomic E-state index is 0.158. The number of hydrogen-bond acceptors (Lipinski definition) is 9. The summed E-state index contributed by atoms with van der Waals surface area (Å²) in [6.45, 7) is 4.93. The molecule has 0 saturated heterocycles. The van der Waals surface area contributed by atoms with Gasteiger partial charge < -0.3 is 15.4 Å². The second kappa shape index (κ2) is 15.2. The average Bonchev–Trinajstić information content (AvgIpc) is 3.11. The number of carbonyl (C=O) groups excluding carboxylic acids is 1. The molecule has 0 radical (unpaired) electrons. The second-order valence-corrected chi connectivity index (χ2v) is 9.37. The molecule has 2 rings (SSSR count). The van der Waals surface area contributed by atoms with Crippen molar-refractivity contribution >= 4 is 60.5 Å². The first-order chi connectivity index (χ1) is 15.9. The quantitative estimate of drug-likeness (QED) is 0.150. The summed E-state index contributed by atoms with van der Waals surface area (Å²) in [4.78, 5) is 16.1. The molecule has 1 heterocycles. The van der Waals surface area contributed by atoms with E-state index >= 15 is 0 Å². The van der Waals surface area contributed by atoms with Gasteiger partial charge in [0.05, 0.1) is 6.10 Å². The van der Waals surface area contributed by atoms with Gasteiger partial charge in [-0.15, -0.1) is 11.3 Å². The smallest absolute Gasteiger partial charge is 0.379 e. The largest absolute Gasteiger partial charge is 0.394 e. The van der Waals surface area contributed by atoms with Crippen LogP contribution in [0.3, 0.4) is 0 Å². The molecule has 35 heavy (non-hydrogen) atoms. The fourth-order valence-electron chi connectivity index (χ4n) is 1.87. The first kappa shape index (κ1) is 33.0. The van der Waals surface area contributed by atoms with Gasteiger partial charge in [-0.3, -0.25) is 23.0 Å². The van der Waals surface area contributed by atoms with Crippen molar-refractivity contribution in [2.75, 3.05) is 18.5 Å². The molecule has 0 aliphatic heterocycles. The number of hydrogen-bond donors (Lipinski definition) is 6. The van der Waals surface area contributed by atoms with Gasteiger partial charge in [-0.2, -0.15) is 16.8 Å². The van der Waals surface area contributed by atoms with E-state index in [1.54, 1.807) is 5.38 Å². The third-order valence-corrected chi connectivity index (χ3v) is 4.15. The van der Waals surface area contributed by atoms with Crippen LogP contribution in [-0.2, 0) is 25.5 Å². The van der Waals surface area contributed by atoms with Crippen LogP contribution in [0.1, 0.15) is 30.8 Å². The van der Waals surface area contributed by atoms with Crippen molar-refractivity contribution < 1.29 is 53.4 Å². The third kappa shape index (κ3) is 18.9. The van der Waals surface area contributed by atoms with Crippen LogP contribution in [-0.4, -0.2) is 65.2 Å². The van der Waals surface area contributed by atoms with Crippen molar-refractivity contribution in [2.45, 2.75) is 26.4 Å². The fraction of sp³-hybridized carbons (Fsp3) is 0.375. The van der Waals surface area contributed by atoms with Gasteiger partial charge in [0, 0.05) is 24.2 Å². The van der Waals surface area contributed by atoms with Crippen molar-refractivity contribution in [2.24, 2.45) is 0 Å². The first-order valence-electron chi connectivity index (χ1n) is 9.03. The molecule has 0 atom stereocenters. The molecule has 0 fully saturated rings. The van der Waals surface area contributed by atoms with Gasteiger partial charge in [-0.05, 0) is 32.4 Å². The predicted molar refractivity (Wildman–Crippen MR) is 123 cm³/mol. The van der Waals surface area contributed by atoms with Crippen LogP contribution in [0.4, 0.5) is 19.6 Å². The average molecular weight is 586 g/mol. The molecule has 0 aliphatic carbocycles. The molecule has 1 amide bonds. The van der Waals surface area contributed by atoms with Crippen LogP contribution in [0.5, 0.6) is 0 Å². The Labute approximate surface area is 208 Å². The molecular weight excluding hydrogens is 564 g/mol. The SMILES string of the molecule is CC(C)OCCCNC(=O)c1csc(Nc2cc(F)c(Cl)c(F)c2)n1.O=S(=O)(O)O.O=S(=O)(O)O. The number of nitrogens with one attached hydrogen (secondary N) is 2. The van der Waals surface area contributed by atoms with Crippen molar-refractivity contribution in [3.63, 3.8) is 0 Å². The Kier molecular flexibility index (Phi) is 14.3. The predicted octanol–water partition coefficient (Wildman–Crippen LogP) is 3.06. The molecule has 0 saturated carbocycles. The monoisotopic (exact) mass is 585 g/mol. The van der Waals surface area contributed by atoms with Crippen LogP contribution in [0.15, 0.2) is 17.5 Å². The number of anilines is 2. The fourth-order valence-corrected chi connectivity index (χ4v) is 2.69. The third-order valence-electron chi connectivity index (χ3n) is 3.03. The molecule has 1 aromatic heterocycles. The Bertz CT molecular complexity index is 1110. The number of amides is 1. The molecule has 0 aliphatic rings. The summed E-state index contributed by atoms with van der Waals surface area (Å²) < 4.78 is 95.4. The molecule has 19 heteroatoms. The number of benzene rings is 1.